The normalized spacial score (nSPS) is 17.4. The molecule has 0 aromatic carbocycles. The van der Waals surface area contributed by atoms with E-state index in [-0.39, 0.29) is 17.7 Å². The number of aryl methyl sites for hydroxylation is 2. The summed E-state index contributed by atoms with van der Waals surface area (Å²) in [5, 5.41) is 8.72. The Hall–Kier alpha value is -2.18. The van der Waals surface area contributed by atoms with Gasteiger partial charge in [-0.3, -0.25) is 14.5 Å². The zero-order chi connectivity index (χ0) is 14.4. The maximum absolute atomic E-state index is 11.7. The number of hydrogen-bond acceptors (Lipinski definition) is 4. The summed E-state index contributed by atoms with van der Waals surface area (Å²) in [7, 11) is 1.92. The highest BCUT2D eigenvalue weighted by atomic mass is 16.2. The van der Waals surface area contributed by atoms with Crippen molar-refractivity contribution in [3.05, 3.63) is 17.6 Å². The lowest BCUT2D eigenvalue weighted by atomic mass is 10.1. The Labute approximate surface area is 116 Å². The van der Waals surface area contributed by atoms with Crippen LogP contribution in [0.25, 0.3) is 5.65 Å². The molecule has 0 aliphatic carbocycles. The SMILES string of the molecule is Cc1cc2n(C)c(C(C)CN3C(=O)CCC3=O)nn2n1. The van der Waals surface area contributed by atoms with Gasteiger partial charge in [0.05, 0.1) is 5.69 Å². The van der Waals surface area contributed by atoms with Crippen LogP contribution in [0.1, 0.15) is 37.2 Å². The zero-order valence-corrected chi connectivity index (χ0v) is 11.8. The molecule has 2 amide bonds. The highest BCUT2D eigenvalue weighted by molar-refractivity contribution is 6.01. The van der Waals surface area contributed by atoms with E-state index in [2.05, 4.69) is 10.2 Å². The molecule has 3 rings (SSSR count). The van der Waals surface area contributed by atoms with Crippen LogP contribution in [0.4, 0.5) is 0 Å². The largest absolute Gasteiger partial charge is 0.314 e. The van der Waals surface area contributed by atoms with Gasteiger partial charge in [-0.25, -0.2) is 0 Å². The minimum atomic E-state index is -0.0864. The van der Waals surface area contributed by atoms with Gasteiger partial charge in [-0.15, -0.1) is 9.73 Å². The number of amides is 2. The molecule has 1 aliphatic rings. The number of hydrogen-bond donors (Lipinski definition) is 0. The molecule has 1 aliphatic heterocycles. The van der Waals surface area contributed by atoms with Gasteiger partial charge in [-0.1, -0.05) is 6.92 Å². The number of aromatic nitrogens is 4. The molecule has 0 spiro atoms. The predicted molar refractivity (Wildman–Crippen MR) is 71.1 cm³/mol. The molecule has 1 atom stereocenters. The third-order valence-corrected chi connectivity index (χ3v) is 3.73. The smallest absolute Gasteiger partial charge is 0.229 e. The van der Waals surface area contributed by atoms with Crippen molar-refractivity contribution in [2.24, 2.45) is 7.05 Å². The fourth-order valence-corrected chi connectivity index (χ4v) is 2.67. The molecule has 7 heteroatoms. The summed E-state index contributed by atoms with van der Waals surface area (Å²) in [5.41, 5.74) is 1.82. The zero-order valence-electron chi connectivity index (χ0n) is 11.8. The van der Waals surface area contributed by atoms with Crippen LogP contribution in [0.2, 0.25) is 0 Å². The van der Waals surface area contributed by atoms with Crippen molar-refractivity contribution in [2.45, 2.75) is 32.6 Å². The Bertz CT molecular complexity index is 683. The van der Waals surface area contributed by atoms with E-state index >= 15 is 0 Å². The minimum Gasteiger partial charge on any atom is -0.314 e. The summed E-state index contributed by atoms with van der Waals surface area (Å²) in [5.74, 6) is 0.626. The van der Waals surface area contributed by atoms with E-state index in [4.69, 9.17) is 0 Å². The van der Waals surface area contributed by atoms with Crippen LogP contribution in [0.15, 0.2) is 6.07 Å². The monoisotopic (exact) mass is 275 g/mol. The number of carbonyl (C=O) groups excluding carboxylic acids is 2. The first-order valence-electron chi connectivity index (χ1n) is 6.70. The first-order valence-corrected chi connectivity index (χ1v) is 6.70. The number of likely N-dealkylation sites (tertiary alicyclic amines) is 1. The third kappa shape index (κ3) is 1.90. The van der Waals surface area contributed by atoms with Gasteiger partial charge in [-0.2, -0.15) is 5.10 Å². The van der Waals surface area contributed by atoms with E-state index in [9.17, 15) is 9.59 Å². The van der Waals surface area contributed by atoms with Crippen LogP contribution < -0.4 is 0 Å². The topological polar surface area (TPSA) is 72.5 Å². The molecule has 1 fully saturated rings. The van der Waals surface area contributed by atoms with E-state index in [1.807, 2.05) is 31.5 Å². The second-order valence-electron chi connectivity index (χ2n) is 5.35. The standard InChI is InChI=1S/C13H17N5O2/c1-8(7-17-11(19)4-5-12(17)20)13-15-18-10(16(13)3)6-9(2)14-18/h6,8H,4-5,7H2,1-3H3. The first-order chi connectivity index (χ1) is 9.47. The third-order valence-electron chi connectivity index (χ3n) is 3.73. The van der Waals surface area contributed by atoms with E-state index in [1.54, 1.807) is 4.63 Å². The van der Waals surface area contributed by atoms with Crippen LogP contribution >= 0.6 is 0 Å². The van der Waals surface area contributed by atoms with E-state index in [0.29, 0.717) is 19.4 Å². The van der Waals surface area contributed by atoms with Crippen LogP contribution in [0.3, 0.4) is 0 Å². The number of rotatable bonds is 3. The second kappa shape index (κ2) is 4.43. The Balaban J connectivity index is 1.87. The minimum absolute atomic E-state index is 0.0204. The average molecular weight is 275 g/mol. The molecule has 2 aromatic rings. The number of nitrogens with zero attached hydrogens (tertiary/aromatic N) is 5. The Morgan fingerprint density at radius 3 is 2.50 bits per heavy atom. The highest BCUT2D eigenvalue weighted by Crippen LogP contribution is 2.21. The molecule has 106 valence electrons. The van der Waals surface area contributed by atoms with Crippen molar-refractivity contribution in [3.8, 4) is 0 Å². The molecular weight excluding hydrogens is 258 g/mol. The lowest BCUT2D eigenvalue weighted by Gasteiger charge is -2.18. The van der Waals surface area contributed by atoms with Gasteiger partial charge >= 0.3 is 0 Å². The van der Waals surface area contributed by atoms with Crippen LogP contribution in [0, 0.1) is 6.92 Å². The van der Waals surface area contributed by atoms with E-state index in [1.165, 1.54) is 4.90 Å². The Kier molecular flexibility index (Phi) is 2.84. The summed E-state index contributed by atoms with van der Waals surface area (Å²) in [6.07, 6.45) is 0.656. The molecule has 0 bridgehead atoms. The summed E-state index contributed by atoms with van der Waals surface area (Å²) < 4.78 is 3.55. The first kappa shape index (κ1) is 12.8. The van der Waals surface area contributed by atoms with Gasteiger partial charge < -0.3 is 4.57 Å². The maximum Gasteiger partial charge on any atom is 0.229 e. The molecule has 20 heavy (non-hydrogen) atoms. The predicted octanol–water partition coefficient (Wildman–Crippen LogP) is 0.629. The van der Waals surface area contributed by atoms with Crippen molar-refractivity contribution in [3.63, 3.8) is 0 Å². The van der Waals surface area contributed by atoms with Crippen molar-refractivity contribution >= 4 is 17.5 Å². The molecule has 0 radical (unpaired) electrons. The molecule has 2 aromatic heterocycles. The van der Waals surface area contributed by atoms with Crippen molar-refractivity contribution in [1.29, 1.82) is 0 Å². The molecule has 0 saturated carbocycles. The summed E-state index contributed by atoms with van der Waals surface area (Å²) >= 11 is 0. The summed E-state index contributed by atoms with van der Waals surface area (Å²) in [6, 6.07) is 1.95. The molecule has 1 unspecified atom stereocenters. The van der Waals surface area contributed by atoms with Crippen LogP contribution in [-0.2, 0) is 16.6 Å². The van der Waals surface area contributed by atoms with Gasteiger partial charge in [0.2, 0.25) is 11.8 Å². The van der Waals surface area contributed by atoms with Gasteiger partial charge in [0, 0.05) is 38.4 Å². The lowest BCUT2D eigenvalue weighted by molar-refractivity contribution is -0.138. The molecular formula is C13H17N5O2. The Morgan fingerprint density at radius 2 is 1.90 bits per heavy atom. The molecule has 7 nitrogen and oxygen atoms in total. The van der Waals surface area contributed by atoms with Gasteiger partial charge in [0.1, 0.15) is 5.82 Å². The summed E-state index contributed by atoms with van der Waals surface area (Å²) in [6.45, 7) is 4.26. The number of carbonyl (C=O) groups is 2. The van der Waals surface area contributed by atoms with Crippen molar-refractivity contribution in [2.75, 3.05) is 6.54 Å². The van der Waals surface area contributed by atoms with Crippen molar-refractivity contribution in [1.82, 2.24) is 24.3 Å². The number of fused-ring (bicyclic) bond motifs is 1. The van der Waals surface area contributed by atoms with Gasteiger partial charge in [0.15, 0.2) is 5.65 Å². The molecule has 0 N–H and O–H groups in total. The lowest BCUT2D eigenvalue weighted by Crippen LogP contribution is -2.33. The fourth-order valence-electron chi connectivity index (χ4n) is 2.67. The van der Waals surface area contributed by atoms with E-state index in [0.717, 1.165) is 17.2 Å². The molecule has 3 heterocycles. The fraction of sp³-hybridized carbons (Fsp3) is 0.538. The maximum atomic E-state index is 11.7. The van der Waals surface area contributed by atoms with Crippen LogP contribution in [0.5, 0.6) is 0 Å². The highest BCUT2D eigenvalue weighted by Gasteiger charge is 2.31. The number of imide groups is 1. The molecule has 1 saturated heterocycles. The van der Waals surface area contributed by atoms with E-state index < -0.39 is 0 Å². The van der Waals surface area contributed by atoms with Crippen molar-refractivity contribution < 1.29 is 9.59 Å². The Morgan fingerprint density at radius 1 is 1.25 bits per heavy atom. The van der Waals surface area contributed by atoms with Gasteiger partial charge in [-0.05, 0) is 6.92 Å². The van der Waals surface area contributed by atoms with Gasteiger partial charge in [0.25, 0.3) is 0 Å². The quantitative estimate of drug-likeness (QED) is 0.770. The summed E-state index contributed by atoms with van der Waals surface area (Å²) in [4.78, 5) is 24.7. The average Bonchev–Trinajstić information content (AvgIpc) is 3.00. The second-order valence-corrected chi connectivity index (χ2v) is 5.35. The van der Waals surface area contributed by atoms with Crippen LogP contribution in [-0.4, -0.2) is 42.7 Å².